The van der Waals surface area contributed by atoms with E-state index in [1.165, 1.54) is 23.2 Å². The van der Waals surface area contributed by atoms with Gasteiger partial charge in [0.1, 0.15) is 11.0 Å². The van der Waals surface area contributed by atoms with E-state index in [0.29, 0.717) is 27.8 Å². The molecule has 0 saturated carbocycles. The summed E-state index contributed by atoms with van der Waals surface area (Å²) in [5, 5.41) is 0.266. The first kappa shape index (κ1) is 16.4. The molecule has 0 unspecified atom stereocenters. The Labute approximate surface area is 153 Å². The lowest BCUT2D eigenvalue weighted by Gasteiger charge is -2.15. The standard InChI is InChI=1S/C20H12ClFN2O2/c21-18-17(13-5-7-14(22)8-6-13)9-12(10-23-18)11-24-19(25)15-3-1-2-4-16(15)20(24)26/h1-10H,11H2. The highest BCUT2D eigenvalue weighted by molar-refractivity contribution is 6.32. The summed E-state index contributed by atoms with van der Waals surface area (Å²) in [5.41, 5.74) is 2.77. The van der Waals surface area contributed by atoms with Crippen molar-refractivity contribution in [1.29, 1.82) is 0 Å². The number of amides is 2. The monoisotopic (exact) mass is 366 g/mol. The van der Waals surface area contributed by atoms with Gasteiger partial charge in [-0.1, -0.05) is 35.9 Å². The molecule has 26 heavy (non-hydrogen) atoms. The molecule has 4 nitrogen and oxygen atoms in total. The zero-order valence-corrected chi connectivity index (χ0v) is 14.2. The Morgan fingerprint density at radius 1 is 0.923 bits per heavy atom. The van der Waals surface area contributed by atoms with Crippen LogP contribution >= 0.6 is 11.6 Å². The SMILES string of the molecule is O=C1c2ccccc2C(=O)N1Cc1cnc(Cl)c(-c2ccc(F)cc2)c1. The number of rotatable bonds is 3. The molecular formula is C20H12ClFN2O2. The van der Waals surface area contributed by atoms with Gasteiger partial charge in [0.15, 0.2) is 0 Å². The summed E-state index contributed by atoms with van der Waals surface area (Å²) in [6.45, 7) is 0.0880. The zero-order chi connectivity index (χ0) is 18.3. The van der Waals surface area contributed by atoms with Crippen molar-refractivity contribution in [3.05, 3.63) is 88.5 Å². The summed E-state index contributed by atoms with van der Waals surface area (Å²) in [7, 11) is 0. The molecule has 6 heteroatoms. The molecule has 4 rings (SSSR count). The van der Waals surface area contributed by atoms with Crippen molar-refractivity contribution >= 4 is 23.4 Å². The van der Waals surface area contributed by atoms with Crippen molar-refractivity contribution in [2.45, 2.75) is 6.54 Å². The number of hydrogen-bond acceptors (Lipinski definition) is 3. The van der Waals surface area contributed by atoms with Gasteiger partial charge in [0.2, 0.25) is 0 Å². The van der Waals surface area contributed by atoms with Crippen LogP contribution < -0.4 is 0 Å². The first-order chi connectivity index (χ1) is 12.5. The van der Waals surface area contributed by atoms with Gasteiger partial charge in [-0.15, -0.1) is 0 Å². The van der Waals surface area contributed by atoms with E-state index in [4.69, 9.17) is 11.6 Å². The summed E-state index contributed by atoms with van der Waals surface area (Å²) in [6.07, 6.45) is 1.53. The molecule has 0 radical (unpaired) electrons. The van der Waals surface area contributed by atoms with Crippen LogP contribution in [0.3, 0.4) is 0 Å². The Morgan fingerprint density at radius 3 is 2.15 bits per heavy atom. The van der Waals surface area contributed by atoms with Crippen molar-refractivity contribution in [2.75, 3.05) is 0 Å². The van der Waals surface area contributed by atoms with Gasteiger partial charge in [-0.05, 0) is 41.5 Å². The van der Waals surface area contributed by atoms with Crippen molar-refractivity contribution in [1.82, 2.24) is 9.88 Å². The van der Waals surface area contributed by atoms with Gasteiger partial charge >= 0.3 is 0 Å². The number of aromatic nitrogens is 1. The maximum Gasteiger partial charge on any atom is 0.261 e. The summed E-state index contributed by atoms with van der Waals surface area (Å²) >= 11 is 6.17. The minimum absolute atomic E-state index is 0.0880. The lowest BCUT2D eigenvalue weighted by Crippen LogP contribution is -2.29. The van der Waals surface area contributed by atoms with Crippen LogP contribution in [-0.4, -0.2) is 21.7 Å². The Hall–Kier alpha value is -3.05. The average Bonchev–Trinajstić information content (AvgIpc) is 2.89. The molecule has 0 saturated heterocycles. The summed E-state index contributed by atoms with van der Waals surface area (Å²) < 4.78 is 13.1. The highest BCUT2D eigenvalue weighted by Crippen LogP contribution is 2.29. The van der Waals surface area contributed by atoms with E-state index in [-0.39, 0.29) is 29.3 Å². The number of carbonyl (C=O) groups excluding carboxylic acids is 2. The van der Waals surface area contributed by atoms with Crippen molar-refractivity contribution < 1.29 is 14.0 Å². The van der Waals surface area contributed by atoms with E-state index in [1.807, 2.05) is 0 Å². The second kappa shape index (κ2) is 6.35. The molecule has 0 bridgehead atoms. The van der Waals surface area contributed by atoms with Crippen LogP contribution in [-0.2, 0) is 6.54 Å². The molecule has 0 spiro atoms. The maximum absolute atomic E-state index is 13.1. The topological polar surface area (TPSA) is 50.3 Å². The number of carbonyl (C=O) groups is 2. The lowest BCUT2D eigenvalue weighted by atomic mass is 10.1. The second-order valence-electron chi connectivity index (χ2n) is 5.93. The number of benzene rings is 2. The Balaban J connectivity index is 1.66. The summed E-state index contributed by atoms with van der Waals surface area (Å²) in [5.74, 6) is -1.01. The molecule has 128 valence electrons. The van der Waals surface area contributed by atoms with E-state index in [1.54, 1.807) is 42.5 Å². The zero-order valence-electron chi connectivity index (χ0n) is 13.4. The average molecular weight is 367 g/mol. The van der Waals surface area contributed by atoms with Crippen molar-refractivity contribution in [2.24, 2.45) is 0 Å². The van der Waals surface area contributed by atoms with Crippen LogP contribution in [0, 0.1) is 5.82 Å². The van der Waals surface area contributed by atoms with Gasteiger partial charge in [0.25, 0.3) is 11.8 Å². The molecule has 2 aromatic carbocycles. The number of nitrogens with zero attached hydrogens (tertiary/aromatic N) is 2. The van der Waals surface area contributed by atoms with E-state index in [2.05, 4.69) is 4.98 Å². The van der Waals surface area contributed by atoms with Crippen LogP contribution in [0.25, 0.3) is 11.1 Å². The number of imide groups is 1. The first-order valence-electron chi connectivity index (χ1n) is 7.90. The second-order valence-corrected chi connectivity index (χ2v) is 6.29. The summed E-state index contributed by atoms with van der Waals surface area (Å²) in [6, 6.07) is 14.4. The molecule has 0 N–H and O–H groups in total. The van der Waals surface area contributed by atoms with Crippen molar-refractivity contribution in [3.8, 4) is 11.1 Å². The molecule has 0 aliphatic carbocycles. The normalized spacial score (nSPS) is 13.2. The molecule has 1 aromatic heterocycles. The molecule has 0 atom stereocenters. The van der Waals surface area contributed by atoms with Crippen LogP contribution in [0.4, 0.5) is 4.39 Å². The Bertz CT molecular complexity index is 999. The number of halogens is 2. The van der Waals surface area contributed by atoms with Gasteiger partial charge in [0, 0.05) is 11.8 Å². The Morgan fingerprint density at radius 2 is 1.54 bits per heavy atom. The van der Waals surface area contributed by atoms with E-state index in [0.717, 1.165) is 0 Å². The van der Waals surface area contributed by atoms with Gasteiger partial charge in [-0.3, -0.25) is 14.5 Å². The lowest BCUT2D eigenvalue weighted by molar-refractivity contribution is 0.0642. The minimum atomic E-state index is -0.347. The molecule has 2 heterocycles. The van der Waals surface area contributed by atoms with E-state index in [9.17, 15) is 14.0 Å². The van der Waals surface area contributed by atoms with Crippen molar-refractivity contribution in [3.63, 3.8) is 0 Å². The van der Waals surface area contributed by atoms with Crippen LogP contribution in [0.5, 0.6) is 0 Å². The Kier molecular flexibility index (Phi) is 4.01. The van der Waals surface area contributed by atoms with Crippen LogP contribution in [0.2, 0.25) is 5.15 Å². The quantitative estimate of drug-likeness (QED) is 0.512. The van der Waals surface area contributed by atoms with Gasteiger partial charge in [-0.2, -0.15) is 0 Å². The maximum atomic E-state index is 13.1. The third-order valence-electron chi connectivity index (χ3n) is 4.27. The molecule has 1 aliphatic rings. The highest BCUT2D eigenvalue weighted by atomic mass is 35.5. The molecule has 0 fully saturated rings. The van der Waals surface area contributed by atoms with E-state index < -0.39 is 0 Å². The fourth-order valence-corrected chi connectivity index (χ4v) is 3.19. The van der Waals surface area contributed by atoms with E-state index >= 15 is 0 Å². The fourth-order valence-electron chi connectivity index (χ4n) is 2.98. The highest BCUT2D eigenvalue weighted by Gasteiger charge is 2.35. The van der Waals surface area contributed by atoms with Gasteiger partial charge < -0.3 is 0 Å². The molecular weight excluding hydrogens is 355 g/mol. The molecule has 3 aromatic rings. The third kappa shape index (κ3) is 2.76. The summed E-state index contributed by atoms with van der Waals surface area (Å²) in [4.78, 5) is 30.3. The third-order valence-corrected chi connectivity index (χ3v) is 4.57. The first-order valence-corrected chi connectivity index (χ1v) is 8.28. The van der Waals surface area contributed by atoms with Crippen LogP contribution in [0.15, 0.2) is 60.8 Å². The predicted octanol–water partition coefficient (Wildman–Crippen LogP) is 4.34. The minimum Gasteiger partial charge on any atom is -0.270 e. The largest absolute Gasteiger partial charge is 0.270 e. The molecule has 1 aliphatic heterocycles. The fraction of sp³-hybridized carbons (Fsp3) is 0.0500. The smallest absolute Gasteiger partial charge is 0.261 e. The predicted molar refractivity (Wildman–Crippen MR) is 95.3 cm³/mol. The molecule has 2 amide bonds. The van der Waals surface area contributed by atoms with Crippen LogP contribution in [0.1, 0.15) is 26.3 Å². The number of pyridine rings is 1. The van der Waals surface area contributed by atoms with Gasteiger partial charge in [-0.25, -0.2) is 9.37 Å². The van der Waals surface area contributed by atoms with Gasteiger partial charge in [0.05, 0.1) is 17.7 Å². The number of hydrogen-bond donors (Lipinski definition) is 0. The number of fused-ring (bicyclic) bond motifs is 1.